The van der Waals surface area contributed by atoms with E-state index in [-0.39, 0.29) is 20.5 Å². The van der Waals surface area contributed by atoms with Gasteiger partial charge in [-0.3, -0.25) is 4.55 Å². The Balaban J connectivity index is 2.28. The van der Waals surface area contributed by atoms with Gasteiger partial charge >= 0.3 is 0 Å². The van der Waals surface area contributed by atoms with Crippen molar-refractivity contribution in [2.75, 3.05) is 0 Å². The molecule has 0 bridgehead atoms. The molecule has 130 valence electrons. The fraction of sp³-hybridized carbons (Fsp3) is 0. The lowest BCUT2D eigenvalue weighted by Gasteiger charge is -2.16. The minimum absolute atomic E-state index is 0.0910. The van der Waals surface area contributed by atoms with Crippen LogP contribution in [0.25, 0.3) is 32.7 Å². The molecule has 0 aliphatic rings. The number of rotatable bonds is 2. The van der Waals surface area contributed by atoms with Crippen LogP contribution in [0.1, 0.15) is 0 Å². The summed E-state index contributed by atoms with van der Waals surface area (Å²) in [5.74, 6) is 0. The van der Waals surface area contributed by atoms with Crippen LogP contribution in [0, 0.1) is 0 Å². The summed E-state index contributed by atoms with van der Waals surface area (Å²) in [6.07, 6.45) is 0. The molecule has 26 heavy (non-hydrogen) atoms. The Hall–Kier alpha value is -2.11. The molecule has 0 aromatic heterocycles. The van der Waals surface area contributed by atoms with Crippen LogP contribution in [0.4, 0.5) is 0 Å². The third-order valence-corrected chi connectivity index (χ3v) is 6.13. The smallest absolute Gasteiger partial charge is 0.282 e. The van der Waals surface area contributed by atoms with Gasteiger partial charge in [-0.15, -0.1) is 0 Å². The normalized spacial score (nSPS) is 12.0. The van der Waals surface area contributed by atoms with Gasteiger partial charge in [-0.1, -0.05) is 77.8 Å². The lowest BCUT2D eigenvalue weighted by Crippen LogP contribution is -2.03. The van der Waals surface area contributed by atoms with Gasteiger partial charge < -0.3 is 0 Å². The maximum atomic E-state index is 12.3. The van der Waals surface area contributed by atoms with Crippen LogP contribution in [-0.4, -0.2) is 13.0 Å². The molecule has 3 nitrogen and oxygen atoms in total. The second kappa shape index (κ2) is 6.25. The average Bonchev–Trinajstić information content (AvgIpc) is 2.63. The van der Waals surface area contributed by atoms with Crippen molar-refractivity contribution in [2.45, 2.75) is 4.90 Å². The minimum Gasteiger partial charge on any atom is -0.282 e. The summed E-state index contributed by atoms with van der Waals surface area (Å²) in [7, 11) is -4.56. The van der Waals surface area contributed by atoms with Crippen molar-refractivity contribution in [1.29, 1.82) is 0 Å². The predicted octanol–water partition coefficient (Wildman–Crippen LogP) is 6.21. The zero-order valence-corrected chi connectivity index (χ0v) is 15.6. The van der Waals surface area contributed by atoms with Crippen molar-refractivity contribution in [1.82, 2.24) is 0 Å². The molecule has 0 saturated carbocycles. The molecule has 1 N–H and O–H groups in total. The molecule has 0 fully saturated rings. The molecule has 4 aromatic rings. The standard InChI is InChI=1S/C20H12Cl2O3S/c21-18-15-10-13-8-4-5-9-14(13)11-16(15)20(26(23,24)25)17(19(18)22)12-6-2-1-3-7-12/h1-11H,(H,23,24,25). The molecule has 0 unspecified atom stereocenters. The minimum atomic E-state index is -4.56. The van der Waals surface area contributed by atoms with E-state index in [1.54, 1.807) is 42.5 Å². The topological polar surface area (TPSA) is 54.4 Å². The molecule has 0 aliphatic carbocycles. The van der Waals surface area contributed by atoms with Gasteiger partial charge in [0, 0.05) is 16.3 Å². The lowest BCUT2D eigenvalue weighted by molar-refractivity contribution is 0.484. The fourth-order valence-corrected chi connectivity index (χ4v) is 4.74. The zero-order valence-electron chi connectivity index (χ0n) is 13.3. The average molecular weight is 403 g/mol. The Kier molecular flexibility index (Phi) is 4.16. The highest BCUT2D eigenvalue weighted by atomic mass is 35.5. The molecule has 0 aliphatic heterocycles. The predicted molar refractivity (Wildman–Crippen MR) is 107 cm³/mol. The first-order valence-corrected chi connectivity index (χ1v) is 9.94. The molecule has 4 aromatic carbocycles. The lowest BCUT2D eigenvalue weighted by atomic mass is 9.98. The maximum absolute atomic E-state index is 12.3. The van der Waals surface area contributed by atoms with Gasteiger partial charge in [-0.05, 0) is 28.5 Å². The summed E-state index contributed by atoms with van der Waals surface area (Å²) in [5, 5.41) is 2.88. The highest BCUT2D eigenvalue weighted by Gasteiger charge is 2.26. The van der Waals surface area contributed by atoms with E-state index in [0.29, 0.717) is 16.3 Å². The summed E-state index contributed by atoms with van der Waals surface area (Å²) in [6.45, 7) is 0. The van der Waals surface area contributed by atoms with Gasteiger partial charge in [0.1, 0.15) is 4.90 Å². The molecule has 0 atom stereocenters. The third-order valence-electron chi connectivity index (χ3n) is 4.33. The molecule has 0 saturated heterocycles. The van der Waals surface area contributed by atoms with Crippen LogP contribution in [0.3, 0.4) is 0 Å². The van der Waals surface area contributed by atoms with Gasteiger partial charge in [0.25, 0.3) is 10.1 Å². The van der Waals surface area contributed by atoms with Gasteiger partial charge in [0.15, 0.2) is 0 Å². The number of fused-ring (bicyclic) bond motifs is 2. The molecule has 6 heteroatoms. The summed E-state index contributed by atoms with van der Waals surface area (Å²) in [6, 6.07) is 19.8. The summed E-state index contributed by atoms with van der Waals surface area (Å²) >= 11 is 13.0. The molecule has 0 heterocycles. The van der Waals surface area contributed by atoms with Crippen LogP contribution >= 0.6 is 23.2 Å². The monoisotopic (exact) mass is 402 g/mol. The molecule has 4 rings (SSSR count). The Bertz CT molecular complexity index is 1270. The number of benzene rings is 4. The van der Waals surface area contributed by atoms with Crippen molar-refractivity contribution in [3.8, 4) is 11.1 Å². The van der Waals surface area contributed by atoms with E-state index in [4.69, 9.17) is 23.2 Å². The van der Waals surface area contributed by atoms with Gasteiger partial charge in [-0.25, -0.2) is 0 Å². The Morgan fingerprint density at radius 2 is 1.27 bits per heavy atom. The van der Waals surface area contributed by atoms with Gasteiger partial charge in [0.2, 0.25) is 0 Å². The van der Waals surface area contributed by atoms with Crippen LogP contribution < -0.4 is 0 Å². The fourth-order valence-electron chi connectivity index (χ4n) is 3.20. The van der Waals surface area contributed by atoms with Crippen LogP contribution in [0.5, 0.6) is 0 Å². The summed E-state index contributed by atoms with van der Waals surface area (Å²) < 4.78 is 34.6. The SMILES string of the molecule is O=S(=O)(O)c1c(-c2ccccc2)c(Cl)c(Cl)c2cc3ccccc3cc12. The van der Waals surface area contributed by atoms with Crippen LogP contribution in [0.2, 0.25) is 10.0 Å². The van der Waals surface area contributed by atoms with E-state index < -0.39 is 10.1 Å². The van der Waals surface area contributed by atoms with Crippen molar-refractivity contribution in [2.24, 2.45) is 0 Å². The van der Waals surface area contributed by atoms with Crippen molar-refractivity contribution in [3.05, 3.63) is 76.8 Å². The Morgan fingerprint density at radius 3 is 1.85 bits per heavy atom. The molecule has 0 spiro atoms. The van der Waals surface area contributed by atoms with E-state index in [2.05, 4.69) is 0 Å². The van der Waals surface area contributed by atoms with E-state index in [1.807, 2.05) is 24.3 Å². The first-order valence-electron chi connectivity index (χ1n) is 7.74. The maximum Gasteiger partial charge on any atom is 0.295 e. The van der Waals surface area contributed by atoms with E-state index >= 15 is 0 Å². The van der Waals surface area contributed by atoms with Gasteiger partial charge in [-0.2, -0.15) is 8.42 Å². The van der Waals surface area contributed by atoms with E-state index in [9.17, 15) is 13.0 Å². The largest absolute Gasteiger partial charge is 0.295 e. The van der Waals surface area contributed by atoms with Gasteiger partial charge in [0.05, 0.1) is 10.0 Å². The third kappa shape index (κ3) is 2.75. The van der Waals surface area contributed by atoms with E-state index in [0.717, 1.165) is 10.8 Å². The Morgan fingerprint density at radius 1 is 0.731 bits per heavy atom. The number of hydrogen-bond acceptors (Lipinski definition) is 2. The number of hydrogen-bond donors (Lipinski definition) is 1. The molecular formula is C20H12Cl2O3S. The van der Waals surface area contributed by atoms with Crippen molar-refractivity contribution >= 4 is 54.9 Å². The second-order valence-corrected chi connectivity index (χ2v) is 8.03. The Labute approximate surface area is 160 Å². The molecule has 0 radical (unpaired) electrons. The molecular weight excluding hydrogens is 391 g/mol. The highest BCUT2D eigenvalue weighted by Crippen LogP contribution is 2.45. The zero-order chi connectivity index (χ0) is 18.5. The van der Waals surface area contributed by atoms with Crippen LogP contribution in [-0.2, 0) is 10.1 Å². The quantitative estimate of drug-likeness (QED) is 0.320. The summed E-state index contributed by atoms with van der Waals surface area (Å²) in [4.78, 5) is -0.237. The first kappa shape index (κ1) is 17.3. The van der Waals surface area contributed by atoms with Crippen molar-refractivity contribution < 1.29 is 13.0 Å². The molecule has 0 amide bonds. The van der Waals surface area contributed by atoms with Crippen molar-refractivity contribution in [3.63, 3.8) is 0 Å². The number of halogens is 2. The highest BCUT2D eigenvalue weighted by molar-refractivity contribution is 7.86. The first-order chi connectivity index (χ1) is 12.4. The summed E-state index contributed by atoms with van der Waals surface area (Å²) in [5.41, 5.74) is 0.754. The second-order valence-electron chi connectivity index (χ2n) is 5.92. The van der Waals surface area contributed by atoms with Crippen LogP contribution in [0.15, 0.2) is 71.6 Å². The van der Waals surface area contributed by atoms with E-state index in [1.165, 1.54) is 0 Å².